The van der Waals surface area contributed by atoms with Gasteiger partial charge in [-0.1, -0.05) is 47.3 Å². The van der Waals surface area contributed by atoms with E-state index >= 15 is 0 Å². The molecular weight excluding hydrogens is 422 g/mol. The van der Waals surface area contributed by atoms with Crippen molar-refractivity contribution in [1.82, 2.24) is 10.1 Å². The lowest BCUT2D eigenvalue weighted by Gasteiger charge is -2.21. The number of carbonyl (C=O) groups excluding carboxylic acids is 1. The van der Waals surface area contributed by atoms with Gasteiger partial charge in [0.25, 0.3) is 11.8 Å². The van der Waals surface area contributed by atoms with Crippen LogP contribution >= 0.6 is 11.8 Å². The highest BCUT2D eigenvalue weighted by atomic mass is 32.2. The van der Waals surface area contributed by atoms with Gasteiger partial charge in [-0.25, -0.2) is 0 Å². The van der Waals surface area contributed by atoms with Crippen LogP contribution in [0.2, 0.25) is 0 Å². The third kappa shape index (κ3) is 3.76. The van der Waals surface area contributed by atoms with Crippen molar-refractivity contribution in [2.75, 3.05) is 11.4 Å². The van der Waals surface area contributed by atoms with E-state index in [1.807, 2.05) is 86.6 Å². The Balaban J connectivity index is 1.46. The van der Waals surface area contributed by atoms with Crippen LogP contribution in [0.3, 0.4) is 0 Å². The lowest BCUT2D eigenvalue weighted by molar-refractivity contribution is 0.0985. The number of amides is 1. The van der Waals surface area contributed by atoms with E-state index in [2.05, 4.69) is 10.1 Å². The average molecular weight is 444 g/mol. The topological polar surface area (TPSA) is 68.5 Å². The number of benzene rings is 3. The highest BCUT2D eigenvalue weighted by molar-refractivity contribution is 7.99. The quantitative estimate of drug-likeness (QED) is 0.376. The monoisotopic (exact) mass is 443 g/mol. The Hall–Kier alpha value is -3.58. The van der Waals surface area contributed by atoms with Gasteiger partial charge in [0.05, 0.1) is 11.3 Å². The third-order valence-corrected chi connectivity index (χ3v) is 6.38. The number of aromatic nitrogens is 2. The SMILES string of the molecule is CCN1C(=O)c2ccccc2Sc2cc(-c3noc([C@@H](C)Oc4ccccc4)n3)ccc21. The van der Waals surface area contributed by atoms with E-state index in [1.54, 1.807) is 16.7 Å². The molecule has 0 saturated carbocycles. The second-order valence-corrected chi connectivity index (χ2v) is 8.44. The van der Waals surface area contributed by atoms with E-state index in [4.69, 9.17) is 9.26 Å². The van der Waals surface area contributed by atoms with Gasteiger partial charge in [0.1, 0.15) is 5.75 Å². The lowest BCUT2D eigenvalue weighted by Crippen LogP contribution is -2.30. The number of para-hydroxylation sites is 1. The molecule has 3 aromatic carbocycles. The van der Waals surface area contributed by atoms with Gasteiger partial charge < -0.3 is 14.2 Å². The molecule has 1 amide bonds. The normalized spacial score (nSPS) is 13.8. The van der Waals surface area contributed by atoms with Crippen molar-refractivity contribution in [3.8, 4) is 17.1 Å². The molecule has 7 heteroatoms. The summed E-state index contributed by atoms with van der Waals surface area (Å²) >= 11 is 1.58. The Labute approximate surface area is 190 Å². The maximum absolute atomic E-state index is 13.1. The third-order valence-electron chi connectivity index (χ3n) is 5.25. The number of ether oxygens (including phenoxy) is 1. The van der Waals surface area contributed by atoms with Crippen LogP contribution in [0.5, 0.6) is 5.75 Å². The first kappa shape index (κ1) is 20.3. The number of hydrogen-bond donors (Lipinski definition) is 0. The largest absolute Gasteiger partial charge is 0.481 e. The first-order chi connectivity index (χ1) is 15.6. The summed E-state index contributed by atoms with van der Waals surface area (Å²) in [4.78, 5) is 21.3. The smallest absolute Gasteiger partial charge is 0.267 e. The van der Waals surface area contributed by atoms with E-state index in [0.717, 1.165) is 26.8 Å². The molecule has 0 spiro atoms. The zero-order chi connectivity index (χ0) is 22.1. The van der Waals surface area contributed by atoms with Crippen molar-refractivity contribution in [3.05, 3.63) is 84.3 Å². The maximum Gasteiger partial charge on any atom is 0.267 e. The van der Waals surface area contributed by atoms with Gasteiger partial charge in [-0.3, -0.25) is 4.79 Å². The molecule has 4 aromatic rings. The molecule has 5 rings (SSSR count). The number of nitrogens with zero attached hydrogens (tertiary/aromatic N) is 3. The molecule has 160 valence electrons. The molecule has 0 aliphatic carbocycles. The van der Waals surface area contributed by atoms with E-state index in [0.29, 0.717) is 23.8 Å². The fourth-order valence-corrected chi connectivity index (χ4v) is 4.77. The van der Waals surface area contributed by atoms with Crippen molar-refractivity contribution < 1.29 is 14.1 Å². The van der Waals surface area contributed by atoms with E-state index in [-0.39, 0.29) is 12.0 Å². The van der Waals surface area contributed by atoms with E-state index in [9.17, 15) is 4.79 Å². The standard InChI is InChI=1S/C25H21N3O3S/c1-3-28-20-14-13-17(15-22(20)32-21-12-8-7-11-19(21)25(28)29)23-26-24(31-27-23)16(2)30-18-9-5-4-6-10-18/h4-16H,3H2,1-2H3/t16-/m1/s1. The molecule has 0 radical (unpaired) electrons. The van der Waals surface area contributed by atoms with Crippen LogP contribution in [0.4, 0.5) is 5.69 Å². The average Bonchev–Trinajstić information content (AvgIpc) is 3.28. The Morgan fingerprint density at radius 3 is 2.62 bits per heavy atom. The number of carbonyl (C=O) groups is 1. The van der Waals surface area contributed by atoms with Crippen LogP contribution in [0.1, 0.15) is 36.2 Å². The minimum Gasteiger partial charge on any atom is -0.481 e. The van der Waals surface area contributed by atoms with E-state index in [1.165, 1.54) is 0 Å². The van der Waals surface area contributed by atoms with Crippen LogP contribution in [-0.4, -0.2) is 22.6 Å². The van der Waals surface area contributed by atoms with Crippen LogP contribution in [0.15, 0.2) is 87.1 Å². The zero-order valence-electron chi connectivity index (χ0n) is 17.7. The molecular formula is C25H21N3O3S. The van der Waals surface area contributed by atoms with Crippen molar-refractivity contribution in [1.29, 1.82) is 0 Å². The summed E-state index contributed by atoms with van der Waals surface area (Å²) in [5.74, 6) is 1.64. The molecule has 0 unspecified atom stereocenters. The summed E-state index contributed by atoms with van der Waals surface area (Å²) in [6.07, 6.45) is -0.381. The lowest BCUT2D eigenvalue weighted by atomic mass is 10.1. The number of rotatable bonds is 5. The summed E-state index contributed by atoms with van der Waals surface area (Å²) in [5.41, 5.74) is 2.42. The zero-order valence-corrected chi connectivity index (χ0v) is 18.5. The molecule has 1 aliphatic rings. The first-order valence-corrected chi connectivity index (χ1v) is 11.2. The molecule has 0 fully saturated rings. The Kier molecular flexibility index (Phi) is 5.41. The summed E-state index contributed by atoms with van der Waals surface area (Å²) < 4.78 is 11.4. The van der Waals surface area contributed by atoms with Crippen molar-refractivity contribution in [2.24, 2.45) is 0 Å². The molecule has 0 N–H and O–H groups in total. The molecule has 0 bridgehead atoms. The van der Waals surface area contributed by atoms with Crippen LogP contribution in [-0.2, 0) is 0 Å². The summed E-state index contributed by atoms with van der Waals surface area (Å²) in [5, 5.41) is 4.16. The number of hydrogen-bond acceptors (Lipinski definition) is 6. The van der Waals surface area contributed by atoms with E-state index < -0.39 is 0 Å². The number of anilines is 1. The first-order valence-electron chi connectivity index (χ1n) is 10.4. The second-order valence-electron chi connectivity index (χ2n) is 7.36. The Morgan fingerprint density at radius 1 is 1.03 bits per heavy atom. The maximum atomic E-state index is 13.1. The predicted molar refractivity (Wildman–Crippen MR) is 123 cm³/mol. The van der Waals surface area contributed by atoms with Gasteiger partial charge in [0.2, 0.25) is 5.82 Å². The molecule has 2 heterocycles. The van der Waals surface area contributed by atoms with Gasteiger partial charge in [-0.2, -0.15) is 4.98 Å². The fourth-order valence-electron chi connectivity index (χ4n) is 3.65. The summed E-state index contributed by atoms with van der Waals surface area (Å²) in [7, 11) is 0. The highest BCUT2D eigenvalue weighted by Gasteiger charge is 2.27. The van der Waals surface area contributed by atoms with Crippen molar-refractivity contribution in [3.63, 3.8) is 0 Å². The minimum atomic E-state index is -0.381. The van der Waals surface area contributed by atoms with Gasteiger partial charge in [-0.15, -0.1) is 0 Å². The molecule has 1 aromatic heterocycles. The van der Waals surface area contributed by atoms with Gasteiger partial charge in [0.15, 0.2) is 6.10 Å². The Morgan fingerprint density at radius 2 is 1.81 bits per heavy atom. The molecule has 6 nitrogen and oxygen atoms in total. The minimum absolute atomic E-state index is 0.0100. The summed E-state index contributed by atoms with van der Waals surface area (Å²) in [6.45, 7) is 4.44. The molecule has 1 aliphatic heterocycles. The second kappa shape index (κ2) is 8.51. The molecule has 1 atom stereocenters. The van der Waals surface area contributed by atoms with Gasteiger partial charge in [-0.05, 0) is 56.3 Å². The predicted octanol–water partition coefficient (Wildman–Crippen LogP) is 6.01. The van der Waals surface area contributed by atoms with Crippen molar-refractivity contribution in [2.45, 2.75) is 29.7 Å². The highest BCUT2D eigenvalue weighted by Crippen LogP contribution is 2.42. The van der Waals surface area contributed by atoms with Crippen LogP contribution in [0, 0.1) is 0 Å². The Bertz CT molecular complexity index is 1270. The number of fused-ring (bicyclic) bond motifs is 2. The summed E-state index contributed by atoms with van der Waals surface area (Å²) in [6, 6.07) is 23.1. The van der Waals surface area contributed by atoms with Crippen LogP contribution in [0.25, 0.3) is 11.4 Å². The fraction of sp³-hybridized carbons (Fsp3) is 0.160. The van der Waals surface area contributed by atoms with Crippen LogP contribution < -0.4 is 9.64 Å². The molecule has 0 saturated heterocycles. The van der Waals surface area contributed by atoms with Gasteiger partial charge >= 0.3 is 0 Å². The van der Waals surface area contributed by atoms with Crippen molar-refractivity contribution >= 4 is 23.4 Å². The molecule has 32 heavy (non-hydrogen) atoms. The van der Waals surface area contributed by atoms with Gasteiger partial charge in [0, 0.05) is 21.9 Å².